The van der Waals surface area contributed by atoms with E-state index in [1.54, 1.807) is 17.9 Å². The maximum Gasteiger partial charge on any atom is 0.416 e. The van der Waals surface area contributed by atoms with Gasteiger partial charge in [0, 0.05) is 25.2 Å². The van der Waals surface area contributed by atoms with Crippen molar-refractivity contribution in [2.75, 3.05) is 13.1 Å². The smallest absolute Gasteiger partial charge is 0.337 e. The van der Waals surface area contributed by atoms with Crippen LogP contribution in [0.15, 0.2) is 36.7 Å². The van der Waals surface area contributed by atoms with E-state index in [0.29, 0.717) is 25.1 Å². The maximum absolute atomic E-state index is 12.8. The lowest BCUT2D eigenvalue weighted by atomic mass is 9.96. The van der Waals surface area contributed by atoms with Crippen molar-refractivity contribution in [1.29, 1.82) is 0 Å². The first-order chi connectivity index (χ1) is 11.3. The number of amides is 1. The Labute approximate surface area is 137 Å². The van der Waals surface area contributed by atoms with E-state index >= 15 is 0 Å². The van der Waals surface area contributed by atoms with Crippen LogP contribution in [0.1, 0.15) is 39.6 Å². The zero-order valence-corrected chi connectivity index (χ0v) is 13.0. The number of aryl methyl sites for hydroxylation is 1. The molecule has 1 saturated heterocycles. The second kappa shape index (κ2) is 6.22. The molecule has 4 nitrogen and oxygen atoms in total. The molecule has 1 fully saturated rings. The van der Waals surface area contributed by atoms with Crippen LogP contribution in [0, 0.1) is 6.92 Å². The average Bonchev–Trinajstić information content (AvgIpc) is 3.04. The Morgan fingerprint density at radius 1 is 1.25 bits per heavy atom. The summed E-state index contributed by atoms with van der Waals surface area (Å²) in [6, 6.07) is 5.32. The molecule has 1 aromatic heterocycles. The monoisotopic (exact) mass is 335 g/mol. The van der Waals surface area contributed by atoms with Crippen molar-refractivity contribution in [3.05, 3.63) is 59.2 Å². The van der Waals surface area contributed by atoms with Gasteiger partial charge in [0.15, 0.2) is 0 Å². The van der Waals surface area contributed by atoms with E-state index in [1.807, 2.05) is 0 Å². The molecule has 0 aliphatic carbocycles. The van der Waals surface area contributed by atoms with Gasteiger partial charge < -0.3 is 4.90 Å². The highest BCUT2D eigenvalue weighted by Crippen LogP contribution is 2.34. The van der Waals surface area contributed by atoms with Crippen LogP contribution in [0.2, 0.25) is 0 Å². The Morgan fingerprint density at radius 3 is 2.71 bits per heavy atom. The fraction of sp³-hybridized carbons (Fsp3) is 0.353. The van der Waals surface area contributed by atoms with E-state index in [4.69, 9.17) is 0 Å². The summed E-state index contributed by atoms with van der Waals surface area (Å²) in [5.74, 6) is -0.341. The number of carbonyl (C=O) groups excluding carboxylic acids is 1. The fourth-order valence-corrected chi connectivity index (χ4v) is 2.85. The molecule has 0 spiro atoms. The van der Waals surface area contributed by atoms with Crippen LogP contribution >= 0.6 is 0 Å². The van der Waals surface area contributed by atoms with Crippen LogP contribution in [0.4, 0.5) is 13.2 Å². The van der Waals surface area contributed by atoms with Crippen molar-refractivity contribution < 1.29 is 18.0 Å². The highest BCUT2D eigenvalue weighted by atomic mass is 19.4. The molecule has 0 saturated carbocycles. The normalized spacial score (nSPS) is 18.0. The Bertz CT molecular complexity index is 743. The van der Waals surface area contributed by atoms with E-state index in [9.17, 15) is 18.0 Å². The number of carbonyl (C=O) groups is 1. The topological polar surface area (TPSA) is 46.1 Å². The van der Waals surface area contributed by atoms with Crippen LogP contribution in [0.3, 0.4) is 0 Å². The number of aromatic nitrogens is 2. The first-order valence-electron chi connectivity index (χ1n) is 7.59. The molecular weight excluding hydrogens is 319 g/mol. The Hall–Kier alpha value is -2.44. The third-order valence-corrected chi connectivity index (χ3v) is 4.16. The quantitative estimate of drug-likeness (QED) is 0.845. The van der Waals surface area contributed by atoms with Gasteiger partial charge >= 0.3 is 6.18 Å². The summed E-state index contributed by atoms with van der Waals surface area (Å²) in [4.78, 5) is 22.1. The molecule has 0 bridgehead atoms. The van der Waals surface area contributed by atoms with Gasteiger partial charge in [0.1, 0.15) is 5.69 Å². The molecule has 2 aromatic rings. The standard InChI is InChI=1S/C17H16F3N3O/c1-11-8-22-15(9-21-11)16(24)23-6-5-13(10-23)12-3-2-4-14(7-12)17(18,19)20/h2-4,7-9,13H,5-6,10H2,1H3/t13-/m0/s1. The molecule has 7 heteroatoms. The van der Waals surface area contributed by atoms with E-state index in [-0.39, 0.29) is 17.5 Å². The zero-order chi connectivity index (χ0) is 17.3. The van der Waals surface area contributed by atoms with Gasteiger partial charge in [0.2, 0.25) is 0 Å². The highest BCUT2D eigenvalue weighted by Gasteiger charge is 2.33. The predicted molar refractivity (Wildman–Crippen MR) is 81.5 cm³/mol. The highest BCUT2D eigenvalue weighted by molar-refractivity contribution is 5.92. The molecule has 126 valence electrons. The van der Waals surface area contributed by atoms with Gasteiger partial charge in [-0.25, -0.2) is 4.98 Å². The minimum absolute atomic E-state index is 0.102. The third kappa shape index (κ3) is 3.39. The van der Waals surface area contributed by atoms with E-state index in [0.717, 1.165) is 11.8 Å². The van der Waals surface area contributed by atoms with Crippen molar-refractivity contribution in [2.45, 2.75) is 25.4 Å². The van der Waals surface area contributed by atoms with Crippen molar-refractivity contribution in [3.63, 3.8) is 0 Å². The average molecular weight is 335 g/mol. The van der Waals surface area contributed by atoms with E-state index in [2.05, 4.69) is 9.97 Å². The number of hydrogen-bond donors (Lipinski definition) is 0. The second-order valence-electron chi connectivity index (χ2n) is 5.90. The minimum Gasteiger partial charge on any atom is -0.337 e. The summed E-state index contributed by atoms with van der Waals surface area (Å²) < 4.78 is 38.5. The number of halogens is 3. The van der Waals surface area contributed by atoms with Gasteiger partial charge in [0.05, 0.1) is 17.5 Å². The van der Waals surface area contributed by atoms with Crippen LogP contribution in [-0.4, -0.2) is 33.9 Å². The van der Waals surface area contributed by atoms with Gasteiger partial charge in [-0.05, 0) is 25.0 Å². The minimum atomic E-state index is -4.36. The van der Waals surface area contributed by atoms with Crippen molar-refractivity contribution in [3.8, 4) is 0 Å². The number of alkyl halides is 3. The van der Waals surface area contributed by atoms with Crippen LogP contribution in [-0.2, 0) is 6.18 Å². The molecule has 0 unspecified atom stereocenters. The van der Waals surface area contributed by atoms with Gasteiger partial charge in [-0.3, -0.25) is 9.78 Å². The second-order valence-corrected chi connectivity index (χ2v) is 5.90. The number of nitrogens with zero attached hydrogens (tertiary/aromatic N) is 3. The Morgan fingerprint density at radius 2 is 2.04 bits per heavy atom. The summed E-state index contributed by atoms with van der Waals surface area (Å²) in [6.45, 7) is 2.66. The SMILES string of the molecule is Cc1cnc(C(=O)N2CC[C@H](c3cccc(C(F)(F)F)c3)C2)cn1. The lowest BCUT2D eigenvalue weighted by Crippen LogP contribution is -2.29. The summed E-state index contributed by atoms with van der Waals surface area (Å²) in [5.41, 5.74) is 0.921. The molecule has 1 aromatic carbocycles. The van der Waals surface area contributed by atoms with E-state index in [1.165, 1.54) is 24.5 Å². The number of likely N-dealkylation sites (tertiary alicyclic amines) is 1. The number of rotatable bonds is 2. The molecule has 1 amide bonds. The summed E-state index contributed by atoms with van der Waals surface area (Å²) in [7, 11) is 0. The molecule has 1 aliphatic rings. The van der Waals surface area contributed by atoms with Crippen LogP contribution in [0.5, 0.6) is 0 Å². The summed E-state index contributed by atoms with van der Waals surface area (Å²) in [5, 5.41) is 0. The zero-order valence-electron chi connectivity index (χ0n) is 13.0. The predicted octanol–water partition coefficient (Wildman–Crippen LogP) is 3.43. The number of benzene rings is 1. The van der Waals surface area contributed by atoms with Crippen LogP contribution < -0.4 is 0 Å². The fourth-order valence-electron chi connectivity index (χ4n) is 2.85. The molecule has 1 atom stereocenters. The van der Waals surface area contributed by atoms with Crippen molar-refractivity contribution >= 4 is 5.91 Å². The summed E-state index contributed by atoms with van der Waals surface area (Å²) in [6.07, 6.45) is -0.781. The molecular formula is C17H16F3N3O. The first-order valence-corrected chi connectivity index (χ1v) is 7.59. The lowest BCUT2D eigenvalue weighted by molar-refractivity contribution is -0.137. The number of hydrogen-bond acceptors (Lipinski definition) is 3. The molecule has 0 radical (unpaired) electrons. The molecule has 2 heterocycles. The molecule has 3 rings (SSSR count). The first kappa shape index (κ1) is 16.4. The van der Waals surface area contributed by atoms with Gasteiger partial charge in [-0.1, -0.05) is 18.2 Å². The van der Waals surface area contributed by atoms with E-state index < -0.39 is 11.7 Å². The van der Waals surface area contributed by atoms with Crippen LogP contribution in [0.25, 0.3) is 0 Å². The molecule has 0 N–H and O–H groups in total. The largest absolute Gasteiger partial charge is 0.416 e. The van der Waals surface area contributed by atoms with Gasteiger partial charge in [-0.15, -0.1) is 0 Å². The van der Waals surface area contributed by atoms with Crippen molar-refractivity contribution in [1.82, 2.24) is 14.9 Å². The summed E-state index contributed by atoms with van der Waals surface area (Å²) >= 11 is 0. The Balaban J connectivity index is 1.73. The maximum atomic E-state index is 12.8. The van der Waals surface area contributed by atoms with Gasteiger partial charge in [0.25, 0.3) is 5.91 Å². The lowest BCUT2D eigenvalue weighted by Gasteiger charge is -2.17. The van der Waals surface area contributed by atoms with Crippen molar-refractivity contribution in [2.24, 2.45) is 0 Å². The molecule has 1 aliphatic heterocycles. The Kier molecular flexibility index (Phi) is 4.26. The van der Waals surface area contributed by atoms with Gasteiger partial charge in [-0.2, -0.15) is 13.2 Å². The third-order valence-electron chi connectivity index (χ3n) is 4.16. The molecule has 24 heavy (non-hydrogen) atoms.